The molecule has 0 radical (unpaired) electrons. The molecule has 6 nitrogen and oxygen atoms in total. The van der Waals surface area contributed by atoms with E-state index in [-0.39, 0.29) is 0 Å². The second kappa shape index (κ2) is 7.77. The molecule has 0 saturated heterocycles. The van der Waals surface area contributed by atoms with E-state index in [4.69, 9.17) is 5.73 Å². The highest BCUT2D eigenvalue weighted by molar-refractivity contribution is 5.30. The van der Waals surface area contributed by atoms with Gasteiger partial charge in [0.25, 0.3) is 0 Å². The van der Waals surface area contributed by atoms with Crippen LogP contribution in [0.25, 0.3) is 0 Å². The van der Waals surface area contributed by atoms with Crippen LogP contribution in [0.3, 0.4) is 0 Å². The van der Waals surface area contributed by atoms with Crippen LogP contribution in [-0.4, -0.2) is 24.9 Å². The molecule has 22 heavy (non-hydrogen) atoms. The van der Waals surface area contributed by atoms with E-state index in [2.05, 4.69) is 52.6 Å². The first-order valence-electron chi connectivity index (χ1n) is 7.49. The summed E-state index contributed by atoms with van der Waals surface area (Å²) in [5.41, 5.74) is 6.56. The SMILES string of the molecule is Cc1nc(C)nc(C(C)C)n1.Cc1nc(N)cc(C(C)C)n1. The average molecular weight is 302 g/mol. The summed E-state index contributed by atoms with van der Waals surface area (Å²) < 4.78 is 0. The lowest BCUT2D eigenvalue weighted by Crippen LogP contribution is -2.03. The Kier molecular flexibility index (Phi) is 6.34. The third-order valence-corrected chi connectivity index (χ3v) is 2.86. The molecule has 0 unspecified atom stereocenters. The minimum absolute atomic E-state index is 0.385. The number of anilines is 1. The number of aromatic nitrogens is 5. The van der Waals surface area contributed by atoms with Crippen LogP contribution in [-0.2, 0) is 0 Å². The predicted octanol–water partition coefficient (Wildman–Crippen LogP) is 3.10. The zero-order valence-electron chi connectivity index (χ0n) is 14.5. The average Bonchev–Trinajstić information content (AvgIpc) is 2.37. The fourth-order valence-corrected chi connectivity index (χ4v) is 1.81. The van der Waals surface area contributed by atoms with Crippen molar-refractivity contribution in [3.63, 3.8) is 0 Å². The fourth-order valence-electron chi connectivity index (χ4n) is 1.81. The van der Waals surface area contributed by atoms with Crippen LogP contribution < -0.4 is 5.73 Å². The van der Waals surface area contributed by atoms with Crippen molar-refractivity contribution in [2.75, 3.05) is 5.73 Å². The first kappa shape index (κ1) is 17.9. The van der Waals surface area contributed by atoms with Gasteiger partial charge in [0.1, 0.15) is 29.1 Å². The molecule has 2 aromatic heterocycles. The van der Waals surface area contributed by atoms with Crippen molar-refractivity contribution in [1.82, 2.24) is 24.9 Å². The normalized spacial score (nSPS) is 10.6. The van der Waals surface area contributed by atoms with E-state index >= 15 is 0 Å². The van der Waals surface area contributed by atoms with Crippen LogP contribution in [0.5, 0.6) is 0 Å². The zero-order valence-corrected chi connectivity index (χ0v) is 14.5. The molecule has 2 rings (SSSR count). The summed E-state index contributed by atoms with van der Waals surface area (Å²) in [6.07, 6.45) is 0. The van der Waals surface area contributed by atoms with Crippen molar-refractivity contribution in [3.8, 4) is 0 Å². The maximum atomic E-state index is 5.55. The number of nitrogens with zero attached hydrogens (tertiary/aromatic N) is 5. The molecule has 2 N–H and O–H groups in total. The number of nitrogens with two attached hydrogens (primary N) is 1. The van der Waals surface area contributed by atoms with Gasteiger partial charge in [0.15, 0.2) is 0 Å². The van der Waals surface area contributed by atoms with Crippen molar-refractivity contribution in [1.29, 1.82) is 0 Å². The number of hydrogen-bond donors (Lipinski definition) is 1. The molecule has 0 atom stereocenters. The lowest BCUT2D eigenvalue weighted by atomic mass is 10.1. The predicted molar refractivity (Wildman–Crippen MR) is 88.7 cm³/mol. The first-order valence-corrected chi connectivity index (χ1v) is 7.49. The van der Waals surface area contributed by atoms with Crippen molar-refractivity contribution in [2.24, 2.45) is 0 Å². The maximum Gasteiger partial charge on any atom is 0.135 e. The van der Waals surface area contributed by atoms with Gasteiger partial charge < -0.3 is 5.73 Å². The quantitative estimate of drug-likeness (QED) is 0.916. The molecule has 0 aromatic carbocycles. The standard InChI is InChI=1S/2C8H13N3/c1-5(2)8-10-6(3)9-7(4)11-8;1-5(2)7-4-8(9)11-6(3)10-7/h5H,1-4H3;4-5H,1-3H3,(H2,9,10,11). The number of nitrogen functional groups attached to an aromatic ring is 1. The number of hydrogen-bond acceptors (Lipinski definition) is 6. The third kappa shape index (κ3) is 5.71. The highest BCUT2D eigenvalue weighted by Gasteiger charge is 2.04. The highest BCUT2D eigenvalue weighted by atomic mass is 15.0. The molecule has 0 fully saturated rings. The Morgan fingerprint density at radius 3 is 1.64 bits per heavy atom. The lowest BCUT2D eigenvalue weighted by molar-refractivity contribution is 0.732. The second-order valence-electron chi connectivity index (χ2n) is 5.86. The monoisotopic (exact) mass is 302 g/mol. The summed E-state index contributed by atoms with van der Waals surface area (Å²) in [7, 11) is 0. The van der Waals surface area contributed by atoms with Gasteiger partial charge in [-0.1, -0.05) is 27.7 Å². The van der Waals surface area contributed by atoms with E-state index in [0.717, 1.165) is 29.0 Å². The number of aryl methyl sites for hydroxylation is 3. The smallest absolute Gasteiger partial charge is 0.135 e. The molecule has 0 aliphatic carbocycles. The molecule has 2 aromatic rings. The Labute approximate surface area is 132 Å². The van der Waals surface area contributed by atoms with E-state index in [0.29, 0.717) is 17.7 Å². The third-order valence-electron chi connectivity index (χ3n) is 2.86. The summed E-state index contributed by atoms with van der Waals surface area (Å²) in [5.74, 6) is 4.60. The highest BCUT2D eigenvalue weighted by Crippen LogP contribution is 2.12. The molecular formula is C16H26N6. The van der Waals surface area contributed by atoms with Gasteiger partial charge in [0.2, 0.25) is 0 Å². The Balaban J connectivity index is 0.000000220. The minimum atomic E-state index is 0.385. The van der Waals surface area contributed by atoms with Gasteiger partial charge in [-0.15, -0.1) is 0 Å². The zero-order chi connectivity index (χ0) is 16.9. The van der Waals surface area contributed by atoms with Gasteiger partial charge in [-0.3, -0.25) is 0 Å². The van der Waals surface area contributed by atoms with Gasteiger partial charge >= 0.3 is 0 Å². The summed E-state index contributed by atoms with van der Waals surface area (Å²) in [5, 5.41) is 0. The lowest BCUT2D eigenvalue weighted by Gasteiger charge is -2.05. The molecule has 0 saturated carbocycles. The fraction of sp³-hybridized carbons (Fsp3) is 0.562. The van der Waals surface area contributed by atoms with Crippen molar-refractivity contribution < 1.29 is 0 Å². The van der Waals surface area contributed by atoms with Gasteiger partial charge in [-0.2, -0.15) is 0 Å². The molecule has 2 heterocycles. The van der Waals surface area contributed by atoms with Crippen LogP contribution in [0, 0.1) is 20.8 Å². The van der Waals surface area contributed by atoms with Crippen molar-refractivity contribution in [3.05, 3.63) is 35.1 Å². The topological polar surface area (TPSA) is 90.5 Å². The van der Waals surface area contributed by atoms with Gasteiger partial charge in [0, 0.05) is 17.7 Å². The van der Waals surface area contributed by atoms with E-state index < -0.39 is 0 Å². The summed E-state index contributed by atoms with van der Waals surface area (Å²) in [6, 6.07) is 1.82. The van der Waals surface area contributed by atoms with E-state index in [1.165, 1.54) is 0 Å². The van der Waals surface area contributed by atoms with Gasteiger partial charge in [-0.25, -0.2) is 24.9 Å². The molecule has 0 aliphatic rings. The Bertz CT molecular complexity index is 526. The van der Waals surface area contributed by atoms with Crippen LogP contribution in [0.1, 0.15) is 68.5 Å². The van der Waals surface area contributed by atoms with Crippen LogP contribution in [0.15, 0.2) is 6.07 Å². The van der Waals surface area contributed by atoms with Crippen LogP contribution in [0.2, 0.25) is 0 Å². The Morgan fingerprint density at radius 1 is 0.727 bits per heavy atom. The summed E-state index contributed by atoms with van der Waals surface area (Å²) >= 11 is 0. The summed E-state index contributed by atoms with van der Waals surface area (Å²) in [4.78, 5) is 20.7. The molecule has 0 aliphatic heterocycles. The Hall–Kier alpha value is -2.11. The van der Waals surface area contributed by atoms with Gasteiger partial charge in [-0.05, 0) is 26.7 Å². The molecular weight excluding hydrogens is 276 g/mol. The van der Waals surface area contributed by atoms with Crippen LogP contribution >= 0.6 is 0 Å². The van der Waals surface area contributed by atoms with Gasteiger partial charge in [0.05, 0.1) is 0 Å². The molecule has 120 valence electrons. The number of rotatable bonds is 2. The molecule has 0 spiro atoms. The molecule has 6 heteroatoms. The Morgan fingerprint density at radius 2 is 1.23 bits per heavy atom. The van der Waals surface area contributed by atoms with Crippen molar-refractivity contribution in [2.45, 2.75) is 60.3 Å². The second-order valence-corrected chi connectivity index (χ2v) is 5.86. The summed E-state index contributed by atoms with van der Waals surface area (Å²) in [6.45, 7) is 14.0. The van der Waals surface area contributed by atoms with E-state index in [9.17, 15) is 0 Å². The first-order chi connectivity index (χ1) is 10.2. The minimum Gasteiger partial charge on any atom is -0.384 e. The largest absolute Gasteiger partial charge is 0.384 e. The van der Waals surface area contributed by atoms with Crippen molar-refractivity contribution >= 4 is 5.82 Å². The van der Waals surface area contributed by atoms with E-state index in [1.807, 2.05) is 26.8 Å². The molecule has 0 bridgehead atoms. The molecule has 0 amide bonds. The maximum absolute atomic E-state index is 5.55. The van der Waals surface area contributed by atoms with Crippen LogP contribution in [0.4, 0.5) is 5.82 Å². The van der Waals surface area contributed by atoms with E-state index in [1.54, 1.807) is 0 Å².